The van der Waals surface area contributed by atoms with Gasteiger partial charge in [0, 0.05) is 56.3 Å². The molecule has 10 nitrogen and oxygen atoms in total. The van der Waals surface area contributed by atoms with Crippen molar-refractivity contribution in [3.63, 3.8) is 0 Å². The summed E-state index contributed by atoms with van der Waals surface area (Å²) in [5.74, 6) is -0.143. The van der Waals surface area contributed by atoms with Crippen LogP contribution in [-0.2, 0) is 4.79 Å². The van der Waals surface area contributed by atoms with Crippen LogP contribution in [0.25, 0.3) is 11.2 Å². The number of anilines is 3. The number of piperazine rings is 1. The minimum atomic E-state index is -0.700. The van der Waals surface area contributed by atoms with Gasteiger partial charge in [0.05, 0.1) is 11.9 Å². The average molecular weight is 568 g/mol. The number of imidazole rings is 1. The van der Waals surface area contributed by atoms with Crippen molar-refractivity contribution in [3.8, 4) is 0 Å². The van der Waals surface area contributed by atoms with E-state index in [9.17, 15) is 13.6 Å². The van der Waals surface area contributed by atoms with Crippen molar-refractivity contribution in [2.24, 2.45) is 11.7 Å². The highest BCUT2D eigenvalue weighted by Crippen LogP contribution is 2.38. The zero-order chi connectivity index (χ0) is 28.5. The molecule has 3 heterocycles. The van der Waals surface area contributed by atoms with Gasteiger partial charge in [-0.05, 0) is 70.5 Å². The molecule has 1 aromatic carbocycles. The molecular weight excluding hydrogens is 528 g/mol. The van der Waals surface area contributed by atoms with Gasteiger partial charge in [0.2, 0.25) is 17.8 Å². The van der Waals surface area contributed by atoms with Crippen LogP contribution in [0.15, 0.2) is 24.4 Å². The molecule has 12 heteroatoms. The second-order valence-corrected chi connectivity index (χ2v) is 11.8. The summed E-state index contributed by atoms with van der Waals surface area (Å²) in [6.45, 7) is 3.36. The zero-order valence-electron chi connectivity index (χ0n) is 23.5. The number of nitrogens with two attached hydrogens (primary N) is 1. The van der Waals surface area contributed by atoms with Crippen LogP contribution in [0.5, 0.6) is 0 Å². The van der Waals surface area contributed by atoms with Gasteiger partial charge in [0.25, 0.3) is 0 Å². The SMILES string of the molecule is CN1CCN(C(=O)[C@H]2CC[C@@H](n3c(Nc4ccc(F)cc4F)nc4cnc(N[C@H]5CC[C@H](N)CC5)nc43)CC2)CC1. The maximum absolute atomic E-state index is 14.6. The number of nitrogens with zero attached hydrogens (tertiary/aromatic N) is 6. The summed E-state index contributed by atoms with van der Waals surface area (Å²) in [7, 11) is 2.08. The Morgan fingerprint density at radius 3 is 2.41 bits per heavy atom. The van der Waals surface area contributed by atoms with Crippen LogP contribution in [-0.4, -0.2) is 80.5 Å². The number of halogens is 2. The van der Waals surface area contributed by atoms with E-state index in [0.29, 0.717) is 23.1 Å². The second kappa shape index (κ2) is 11.8. The number of aromatic nitrogens is 4. The smallest absolute Gasteiger partial charge is 0.225 e. The topological polar surface area (TPSA) is 117 Å². The molecule has 1 aliphatic heterocycles. The van der Waals surface area contributed by atoms with Gasteiger partial charge < -0.3 is 26.2 Å². The van der Waals surface area contributed by atoms with Crippen molar-refractivity contribution in [2.45, 2.75) is 69.5 Å². The lowest BCUT2D eigenvalue weighted by Crippen LogP contribution is -2.49. The molecular formula is C29H39F2N9O. The number of hydrogen-bond donors (Lipinski definition) is 3. The molecule has 2 saturated carbocycles. The predicted octanol–water partition coefficient (Wildman–Crippen LogP) is 4.04. The van der Waals surface area contributed by atoms with Gasteiger partial charge >= 0.3 is 0 Å². The van der Waals surface area contributed by atoms with Crippen molar-refractivity contribution in [3.05, 3.63) is 36.0 Å². The lowest BCUT2D eigenvalue weighted by Gasteiger charge is -2.37. The Labute approximate surface area is 238 Å². The molecule has 0 unspecified atom stereocenters. The van der Waals surface area contributed by atoms with Gasteiger partial charge in [-0.15, -0.1) is 0 Å². The summed E-state index contributed by atoms with van der Waals surface area (Å²) in [4.78, 5) is 31.6. The molecule has 0 bridgehead atoms. The van der Waals surface area contributed by atoms with Gasteiger partial charge in [-0.25, -0.2) is 18.7 Å². The zero-order valence-corrected chi connectivity index (χ0v) is 23.5. The van der Waals surface area contributed by atoms with Gasteiger partial charge in [-0.1, -0.05) is 0 Å². The van der Waals surface area contributed by atoms with Gasteiger partial charge in [-0.2, -0.15) is 4.98 Å². The van der Waals surface area contributed by atoms with Gasteiger partial charge in [0.15, 0.2) is 5.65 Å². The first kappa shape index (κ1) is 27.8. The van der Waals surface area contributed by atoms with Crippen LogP contribution in [0.1, 0.15) is 57.4 Å². The highest BCUT2D eigenvalue weighted by Gasteiger charge is 2.33. The summed E-state index contributed by atoms with van der Waals surface area (Å²) in [5.41, 5.74) is 7.44. The van der Waals surface area contributed by atoms with Gasteiger partial charge in [-0.3, -0.25) is 9.36 Å². The first-order chi connectivity index (χ1) is 19.8. The Morgan fingerprint density at radius 2 is 1.71 bits per heavy atom. The Kier molecular flexibility index (Phi) is 8.03. The van der Waals surface area contributed by atoms with E-state index >= 15 is 0 Å². The minimum Gasteiger partial charge on any atom is -0.351 e. The molecule has 1 saturated heterocycles. The Morgan fingerprint density at radius 1 is 0.976 bits per heavy atom. The van der Waals surface area contributed by atoms with Crippen molar-refractivity contribution < 1.29 is 13.6 Å². The monoisotopic (exact) mass is 567 g/mol. The number of benzene rings is 1. The Hall–Kier alpha value is -3.38. The van der Waals surface area contributed by atoms with Crippen molar-refractivity contribution >= 4 is 34.7 Å². The fourth-order valence-corrected chi connectivity index (χ4v) is 6.42. The van der Waals surface area contributed by atoms with Crippen molar-refractivity contribution in [1.82, 2.24) is 29.3 Å². The van der Waals surface area contributed by atoms with Crippen molar-refractivity contribution in [1.29, 1.82) is 0 Å². The maximum atomic E-state index is 14.6. The predicted molar refractivity (Wildman–Crippen MR) is 154 cm³/mol. The van der Waals surface area contributed by atoms with Crippen LogP contribution in [0.3, 0.4) is 0 Å². The third-order valence-corrected chi connectivity index (χ3v) is 8.94. The molecule has 2 aromatic heterocycles. The molecule has 0 atom stereocenters. The number of rotatable bonds is 6. The maximum Gasteiger partial charge on any atom is 0.225 e. The molecule has 6 rings (SSSR count). The number of hydrogen-bond acceptors (Lipinski definition) is 8. The highest BCUT2D eigenvalue weighted by atomic mass is 19.1. The molecule has 1 amide bonds. The van der Waals surface area contributed by atoms with E-state index in [0.717, 1.165) is 83.6 Å². The van der Waals surface area contributed by atoms with E-state index in [1.54, 1.807) is 6.20 Å². The number of carbonyl (C=O) groups excluding carboxylic acids is 1. The average Bonchev–Trinajstić information content (AvgIpc) is 3.33. The van der Waals surface area contributed by atoms with Crippen LogP contribution >= 0.6 is 0 Å². The van der Waals surface area contributed by atoms with E-state index < -0.39 is 11.6 Å². The first-order valence-corrected chi connectivity index (χ1v) is 14.8. The molecule has 3 fully saturated rings. The van der Waals surface area contributed by atoms with Crippen LogP contribution < -0.4 is 16.4 Å². The number of amides is 1. The molecule has 3 aromatic rings. The Balaban J connectivity index is 1.25. The van der Waals surface area contributed by atoms with E-state index in [4.69, 9.17) is 15.7 Å². The quantitative estimate of drug-likeness (QED) is 0.409. The lowest BCUT2D eigenvalue weighted by atomic mass is 9.85. The van der Waals surface area contributed by atoms with E-state index in [2.05, 4.69) is 27.6 Å². The van der Waals surface area contributed by atoms with E-state index in [1.807, 2.05) is 9.47 Å². The largest absolute Gasteiger partial charge is 0.351 e. The summed E-state index contributed by atoms with van der Waals surface area (Å²) < 4.78 is 30.2. The van der Waals surface area contributed by atoms with Gasteiger partial charge in [0.1, 0.15) is 17.2 Å². The molecule has 3 aliphatic rings. The number of carbonyl (C=O) groups is 1. The third-order valence-electron chi connectivity index (χ3n) is 8.94. The summed E-state index contributed by atoms with van der Waals surface area (Å²) in [6.07, 6.45) is 8.60. The normalized spacial score (nSPS) is 25.8. The number of fused-ring (bicyclic) bond motifs is 1. The molecule has 4 N–H and O–H groups in total. The van der Waals surface area contributed by atoms with E-state index in [1.165, 1.54) is 12.1 Å². The third kappa shape index (κ3) is 6.13. The number of likely N-dealkylation sites (N-methyl/N-ethyl adjacent to an activating group) is 1. The molecule has 0 spiro atoms. The molecule has 41 heavy (non-hydrogen) atoms. The minimum absolute atomic E-state index is 0.0000740. The molecule has 0 radical (unpaired) electrons. The fourth-order valence-electron chi connectivity index (χ4n) is 6.42. The van der Waals surface area contributed by atoms with Crippen LogP contribution in [0.2, 0.25) is 0 Å². The van der Waals surface area contributed by atoms with E-state index in [-0.39, 0.29) is 35.6 Å². The second-order valence-electron chi connectivity index (χ2n) is 11.8. The Bertz CT molecular complexity index is 1370. The van der Waals surface area contributed by atoms with Crippen molar-refractivity contribution in [2.75, 3.05) is 43.9 Å². The molecule has 220 valence electrons. The van der Waals surface area contributed by atoms with Crippen LogP contribution in [0, 0.1) is 17.6 Å². The van der Waals surface area contributed by atoms with Crippen LogP contribution in [0.4, 0.5) is 26.4 Å². The fraction of sp³-hybridized carbons (Fsp3) is 0.586. The highest BCUT2D eigenvalue weighted by molar-refractivity contribution is 5.79. The standard InChI is InChI=1S/C29H39F2N9O/c1-38-12-14-39(15-13-38)27(41)18-2-9-22(10-3-18)40-26-25(36-29(40)35-24-11-4-19(30)16-23(24)31)17-33-28(37-26)34-21-7-5-20(32)6-8-21/h4,11,16-18,20-22H,2-3,5-10,12-15,32H2,1H3,(H,35,36)(H,33,34,37)/t18-,20-,21-,22+. The number of nitrogens with one attached hydrogen (secondary N) is 2. The lowest BCUT2D eigenvalue weighted by molar-refractivity contribution is -0.138. The summed E-state index contributed by atoms with van der Waals surface area (Å²) >= 11 is 0. The summed E-state index contributed by atoms with van der Waals surface area (Å²) in [5, 5.41) is 6.54. The summed E-state index contributed by atoms with van der Waals surface area (Å²) in [6, 6.07) is 3.94. The first-order valence-electron chi connectivity index (χ1n) is 14.8. The molecule has 2 aliphatic carbocycles.